The fourth-order valence-electron chi connectivity index (χ4n) is 4.60. The van der Waals surface area contributed by atoms with E-state index in [4.69, 9.17) is 9.47 Å². The molecule has 1 N–H and O–H groups in total. The zero-order valence-electron chi connectivity index (χ0n) is 23.3. The van der Waals surface area contributed by atoms with Crippen LogP contribution in [0, 0.1) is 12.7 Å². The molecule has 2 heterocycles. The minimum absolute atomic E-state index is 0.128. The lowest BCUT2D eigenvalue weighted by molar-refractivity contribution is -0.114. The second-order valence-electron chi connectivity index (χ2n) is 10.6. The van der Waals surface area contributed by atoms with Crippen molar-refractivity contribution >= 4 is 23.5 Å². The molecule has 0 unspecified atom stereocenters. The largest absolute Gasteiger partial charge is 0.495 e. The van der Waals surface area contributed by atoms with Crippen LogP contribution in [0.25, 0.3) is 22.3 Å². The number of nitrogens with zero attached hydrogens (tertiary/aromatic N) is 3. The van der Waals surface area contributed by atoms with Crippen LogP contribution >= 0.6 is 0 Å². The lowest BCUT2D eigenvalue weighted by atomic mass is 9.95. The lowest BCUT2D eigenvalue weighted by Gasteiger charge is -2.36. The van der Waals surface area contributed by atoms with Gasteiger partial charge in [-0.05, 0) is 80.8 Å². The Balaban J connectivity index is 1.61. The predicted octanol–water partition coefficient (Wildman–Crippen LogP) is 5.89. The van der Waals surface area contributed by atoms with Gasteiger partial charge >= 0.3 is 6.09 Å². The van der Waals surface area contributed by atoms with Crippen molar-refractivity contribution in [2.45, 2.75) is 40.2 Å². The number of anilines is 2. The summed E-state index contributed by atoms with van der Waals surface area (Å²) in [5.41, 5.74) is 3.72. The molecule has 9 heteroatoms. The molecule has 0 atom stereocenters. The molecule has 0 radical (unpaired) electrons. The van der Waals surface area contributed by atoms with E-state index in [0.29, 0.717) is 37.5 Å². The summed E-state index contributed by atoms with van der Waals surface area (Å²) in [5, 5.41) is 2.50. The zero-order valence-corrected chi connectivity index (χ0v) is 23.3. The average molecular weight is 535 g/mol. The van der Waals surface area contributed by atoms with Gasteiger partial charge < -0.3 is 24.6 Å². The molecule has 39 heavy (non-hydrogen) atoms. The fraction of sp³-hybridized carbons (Fsp3) is 0.367. The maximum absolute atomic E-state index is 14.8. The van der Waals surface area contributed by atoms with Crippen molar-refractivity contribution in [2.75, 3.05) is 43.5 Å². The average Bonchev–Trinajstić information content (AvgIpc) is 2.88. The quantitative estimate of drug-likeness (QED) is 0.440. The van der Waals surface area contributed by atoms with Gasteiger partial charge in [-0.3, -0.25) is 4.79 Å². The molecule has 0 saturated carbocycles. The van der Waals surface area contributed by atoms with E-state index in [0.717, 1.165) is 28.1 Å². The van der Waals surface area contributed by atoms with Gasteiger partial charge in [0.05, 0.1) is 12.8 Å². The van der Waals surface area contributed by atoms with Gasteiger partial charge in [-0.1, -0.05) is 6.07 Å². The number of hydrogen-bond donors (Lipinski definition) is 1. The van der Waals surface area contributed by atoms with E-state index in [1.54, 1.807) is 30.3 Å². The van der Waals surface area contributed by atoms with E-state index in [2.05, 4.69) is 15.2 Å². The van der Waals surface area contributed by atoms with Gasteiger partial charge in [-0.25, -0.2) is 14.2 Å². The molecule has 8 nitrogen and oxygen atoms in total. The Morgan fingerprint density at radius 3 is 2.18 bits per heavy atom. The van der Waals surface area contributed by atoms with Gasteiger partial charge in [0.2, 0.25) is 5.91 Å². The molecular weight excluding hydrogens is 499 g/mol. The highest BCUT2D eigenvalue weighted by molar-refractivity contribution is 5.90. The van der Waals surface area contributed by atoms with Crippen LogP contribution in [0.1, 0.15) is 33.3 Å². The molecule has 2 amide bonds. The summed E-state index contributed by atoms with van der Waals surface area (Å²) < 4.78 is 26.1. The highest BCUT2D eigenvalue weighted by atomic mass is 19.1. The summed E-state index contributed by atoms with van der Waals surface area (Å²) in [7, 11) is 1.59. The third kappa shape index (κ3) is 6.66. The van der Waals surface area contributed by atoms with Crippen LogP contribution in [0.4, 0.5) is 20.7 Å². The Morgan fingerprint density at radius 1 is 0.974 bits per heavy atom. The minimum Gasteiger partial charge on any atom is -0.495 e. The molecule has 1 fully saturated rings. The van der Waals surface area contributed by atoms with E-state index in [9.17, 15) is 14.0 Å². The maximum atomic E-state index is 14.8. The summed E-state index contributed by atoms with van der Waals surface area (Å²) in [6, 6.07) is 12.6. The van der Waals surface area contributed by atoms with E-state index >= 15 is 0 Å². The molecule has 3 aromatic rings. The monoisotopic (exact) mass is 534 g/mol. The first-order valence-electron chi connectivity index (χ1n) is 12.9. The number of piperazine rings is 1. The first-order valence-corrected chi connectivity index (χ1v) is 12.9. The number of methoxy groups -OCH3 is 1. The Kier molecular flexibility index (Phi) is 8.09. The topological polar surface area (TPSA) is 84.0 Å². The van der Waals surface area contributed by atoms with Crippen LogP contribution in [0.5, 0.6) is 5.75 Å². The van der Waals surface area contributed by atoms with Crippen molar-refractivity contribution in [3.8, 4) is 28.0 Å². The molecule has 0 bridgehead atoms. The van der Waals surface area contributed by atoms with Crippen molar-refractivity contribution in [1.82, 2.24) is 9.88 Å². The Labute approximate surface area is 228 Å². The molecular formula is C30H35FN4O4. The van der Waals surface area contributed by atoms with Crippen LogP contribution < -0.4 is 15.0 Å². The maximum Gasteiger partial charge on any atom is 0.410 e. The predicted molar refractivity (Wildman–Crippen MR) is 151 cm³/mol. The minimum atomic E-state index is -0.533. The Hall–Kier alpha value is -4.14. The number of pyridine rings is 1. The molecule has 1 aromatic heterocycles. The van der Waals surface area contributed by atoms with Crippen molar-refractivity contribution in [2.24, 2.45) is 0 Å². The third-order valence-electron chi connectivity index (χ3n) is 6.34. The van der Waals surface area contributed by atoms with Gasteiger partial charge in [-0.15, -0.1) is 0 Å². The van der Waals surface area contributed by atoms with Gasteiger partial charge in [-0.2, -0.15) is 0 Å². The lowest BCUT2D eigenvalue weighted by Crippen LogP contribution is -2.50. The van der Waals surface area contributed by atoms with E-state index < -0.39 is 11.4 Å². The standard InChI is InChI=1S/C30H35FN4O4/c1-19-15-23(21-7-8-26(25(31)17-21)33-20(2)36)28(38-6)24(16-19)22-9-10-32-27(18-22)34-11-13-35(14-12-34)29(37)39-30(3,4)5/h7-10,15-18H,11-14H2,1-6H3,(H,33,36). The second-order valence-corrected chi connectivity index (χ2v) is 10.6. The SMILES string of the molecule is COc1c(-c2ccnc(N3CCN(C(=O)OC(C)(C)C)CC3)c2)cc(C)cc1-c1ccc(NC(C)=O)c(F)c1. The number of carbonyl (C=O) groups is 2. The Bertz CT molecular complexity index is 1380. The number of aromatic nitrogens is 1. The van der Waals surface area contributed by atoms with Gasteiger partial charge in [0.25, 0.3) is 0 Å². The molecule has 4 rings (SSSR count). The molecule has 0 aliphatic carbocycles. The smallest absolute Gasteiger partial charge is 0.410 e. The molecule has 1 saturated heterocycles. The number of rotatable bonds is 5. The molecule has 0 spiro atoms. The van der Waals surface area contributed by atoms with Crippen LogP contribution in [0.2, 0.25) is 0 Å². The molecule has 1 aliphatic heterocycles. The second kappa shape index (κ2) is 11.3. The van der Waals surface area contributed by atoms with Crippen molar-refractivity contribution in [1.29, 1.82) is 0 Å². The van der Waals surface area contributed by atoms with Gasteiger partial charge in [0.15, 0.2) is 0 Å². The third-order valence-corrected chi connectivity index (χ3v) is 6.34. The summed E-state index contributed by atoms with van der Waals surface area (Å²) in [4.78, 5) is 32.3. The normalized spacial score (nSPS) is 13.7. The van der Waals surface area contributed by atoms with Crippen molar-refractivity contribution in [3.63, 3.8) is 0 Å². The first kappa shape index (κ1) is 27.9. The summed E-state index contributed by atoms with van der Waals surface area (Å²) in [6.45, 7) is 11.2. The number of ether oxygens (including phenoxy) is 2. The highest BCUT2D eigenvalue weighted by Crippen LogP contribution is 2.41. The van der Waals surface area contributed by atoms with Crippen LogP contribution in [-0.2, 0) is 9.53 Å². The van der Waals surface area contributed by atoms with Gasteiger partial charge in [0.1, 0.15) is 23.0 Å². The van der Waals surface area contributed by atoms with Crippen LogP contribution in [0.3, 0.4) is 0 Å². The number of halogens is 1. The number of amides is 2. The number of nitrogens with one attached hydrogen (secondary N) is 1. The Morgan fingerprint density at radius 2 is 1.62 bits per heavy atom. The molecule has 1 aliphatic rings. The number of benzene rings is 2. The number of aryl methyl sites for hydroxylation is 1. The first-order chi connectivity index (χ1) is 18.4. The van der Waals surface area contributed by atoms with Crippen molar-refractivity contribution in [3.05, 3.63) is 60.0 Å². The summed E-state index contributed by atoms with van der Waals surface area (Å²) in [6.07, 6.45) is 1.45. The summed E-state index contributed by atoms with van der Waals surface area (Å²) in [5.74, 6) is 0.549. The number of carbonyl (C=O) groups excluding carboxylic acids is 2. The van der Waals surface area contributed by atoms with Crippen LogP contribution in [0.15, 0.2) is 48.7 Å². The zero-order chi connectivity index (χ0) is 28.3. The van der Waals surface area contributed by atoms with Gasteiger partial charge in [0, 0.05) is 50.4 Å². The molecule has 206 valence electrons. The highest BCUT2D eigenvalue weighted by Gasteiger charge is 2.26. The van der Waals surface area contributed by atoms with Crippen LogP contribution in [-0.4, -0.2) is 60.8 Å². The van der Waals surface area contributed by atoms with E-state index in [1.165, 1.54) is 13.0 Å². The summed E-state index contributed by atoms with van der Waals surface area (Å²) >= 11 is 0. The molecule has 2 aromatic carbocycles. The van der Waals surface area contributed by atoms with E-state index in [-0.39, 0.29) is 17.7 Å². The van der Waals surface area contributed by atoms with Crippen molar-refractivity contribution < 1.29 is 23.5 Å². The number of hydrogen-bond acceptors (Lipinski definition) is 6. The fourth-order valence-corrected chi connectivity index (χ4v) is 4.60. The van der Waals surface area contributed by atoms with E-state index in [1.807, 2.05) is 52.0 Å².